The lowest BCUT2D eigenvalue weighted by atomic mass is 10.00. The predicted molar refractivity (Wildman–Crippen MR) is 215 cm³/mol. The normalized spacial score (nSPS) is 12.8. The van der Waals surface area contributed by atoms with E-state index < -0.39 is 0 Å². The van der Waals surface area contributed by atoms with Gasteiger partial charge in [0.05, 0.1) is 33.4 Å². The zero-order chi connectivity index (χ0) is 34.6. The Balaban J connectivity index is 1.10. The van der Waals surface area contributed by atoms with Gasteiger partial charge in [-0.15, -0.1) is 0 Å². The van der Waals surface area contributed by atoms with E-state index in [1.807, 2.05) is 30.3 Å². The van der Waals surface area contributed by atoms with Crippen molar-refractivity contribution in [3.8, 4) is 45.5 Å². The number of fused-ring (bicyclic) bond motifs is 10. The summed E-state index contributed by atoms with van der Waals surface area (Å²) in [6, 6.07) is 62.4. The lowest BCUT2D eigenvalue weighted by molar-refractivity contribution is 0.446. The first-order chi connectivity index (χ1) is 26.3. The summed E-state index contributed by atoms with van der Waals surface area (Å²) in [7, 11) is 0. The van der Waals surface area contributed by atoms with Crippen LogP contribution in [0.5, 0.6) is 23.0 Å². The summed E-state index contributed by atoms with van der Waals surface area (Å²) in [6.45, 7) is 0. The number of ether oxygens (including phenoxy) is 2. The van der Waals surface area contributed by atoms with Crippen molar-refractivity contribution < 1.29 is 9.47 Å². The Hall–Kier alpha value is -7.24. The highest BCUT2D eigenvalue weighted by atomic mass is 16.5. The molecule has 0 bridgehead atoms. The number of hydrogen-bond donors (Lipinski definition) is 0. The van der Waals surface area contributed by atoms with Crippen LogP contribution in [0.1, 0.15) is 0 Å². The lowest BCUT2D eigenvalue weighted by Crippen LogP contribution is -2.20. The van der Waals surface area contributed by atoms with Crippen LogP contribution >= 0.6 is 0 Å². The number of nitrogens with zero attached hydrogens (tertiary/aromatic N) is 3. The Morgan fingerprint density at radius 2 is 0.849 bits per heavy atom. The Kier molecular flexibility index (Phi) is 5.71. The number of hydrogen-bond acceptors (Lipinski definition) is 3. The van der Waals surface area contributed by atoms with E-state index in [-0.39, 0.29) is 0 Å². The van der Waals surface area contributed by atoms with Gasteiger partial charge in [-0.05, 0) is 96.1 Å². The smallest absolute Gasteiger partial charge is 0.155 e. The molecule has 0 saturated heterocycles. The van der Waals surface area contributed by atoms with Crippen LogP contribution in [-0.2, 0) is 0 Å². The number of rotatable bonds is 3. The largest absolute Gasteiger partial charge is 0.453 e. The Bertz CT molecular complexity index is 3120. The molecule has 5 heteroatoms. The van der Waals surface area contributed by atoms with Crippen molar-refractivity contribution in [2.45, 2.75) is 0 Å². The molecule has 12 rings (SSSR count). The van der Waals surface area contributed by atoms with Crippen LogP contribution in [-0.4, -0.2) is 9.13 Å². The highest BCUT2D eigenvalue weighted by Gasteiger charge is 2.35. The van der Waals surface area contributed by atoms with Crippen LogP contribution in [0.15, 0.2) is 176 Å². The first-order valence-corrected chi connectivity index (χ1v) is 17.9. The molecule has 4 heterocycles. The summed E-state index contributed by atoms with van der Waals surface area (Å²) in [5, 5.41) is 4.81. The maximum atomic E-state index is 6.70. The first kappa shape index (κ1) is 28.5. The molecular weight excluding hydrogens is 651 g/mol. The van der Waals surface area contributed by atoms with E-state index in [2.05, 4.69) is 160 Å². The zero-order valence-corrected chi connectivity index (χ0v) is 28.4. The van der Waals surface area contributed by atoms with E-state index >= 15 is 0 Å². The molecule has 248 valence electrons. The molecule has 2 aliphatic heterocycles. The molecular formula is C48H29N3O2. The fourth-order valence-corrected chi connectivity index (χ4v) is 8.56. The maximum Gasteiger partial charge on any atom is 0.155 e. The van der Waals surface area contributed by atoms with E-state index in [4.69, 9.17) is 9.47 Å². The molecule has 0 radical (unpaired) electrons. The van der Waals surface area contributed by atoms with Gasteiger partial charge in [0.25, 0.3) is 0 Å². The summed E-state index contributed by atoms with van der Waals surface area (Å²) in [5.41, 5.74) is 12.1. The minimum Gasteiger partial charge on any atom is -0.453 e. The summed E-state index contributed by atoms with van der Waals surface area (Å²) in [6.07, 6.45) is 0. The van der Waals surface area contributed by atoms with Crippen LogP contribution in [0.25, 0.3) is 66.1 Å². The lowest BCUT2D eigenvalue weighted by Gasteiger charge is -2.37. The average Bonchev–Trinajstić information content (AvgIpc) is 3.72. The fourth-order valence-electron chi connectivity index (χ4n) is 8.56. The van der Waals surface area contributed by atoms with Gasteiger partial charge in [0.1, 0.15) is 5.69 Å². The summed E-state index contributed by atoms with van der Waals surface area (Å²) < 4.78 is 17.8. The van der Waals surface area contributed by atoms with Crippen molar-refractivity contribution >= 4 is 60.7 Å². The van der Waals surface area contributed by atoms with Gasteiger partial charge in [-0.2, -0.15) is 0 Å². The predicted octanol–water partition coefficient (Wildman–Crippen LogP) is 13.2. The second-order valence-electron chi connectivity index (χ2n) is 13.8. The number of para-hydroxylation sites is 6. The highest BCUT2D eigenvalue weighted by molar-refractivity contribution is 6.14. The molecule has 0 N–H and O–H groups in total. The molecule has 0 spiro atoms. The van der Waals surface area contributed by atoms with Gasteiger partial charge in [0.2, 0.25) is 0 Å². The van der Waals surface area contributed by atoms with Gasteiger partial charge in [0.15, 0.2) is 23.0 Å². The van der Waals surface area contributed by atoms with E-state index in [9.17, 15) is 0 Å². The standard InChI is InChI=1S/C48H29N3O2/c1-3-12-32(13-4-1)49-38-17-8-7-16-34(38)35-26-30(22-24-39(35)49)31-23-25-40-36(27-31)37-28-43-47(29-42(37)50(40)33-14-5-2-6-15-33)53-46-21-11-20-45-48(46)51(43)41-18-9-10-19-44(41)52-45/h1-29H. The van der Waals surface area contributed by atoms with E-state index in [0.717, 1.165) is 67.9 Å². The zero-order valence-electron chi connectivity index (χ0n) is 28.4. The van der Waals surface area contributed by atoms with Crippen LogP contribution in [0, 0.1) is 0 Å². The Labute approximate surface area is 304 Å². The Morgan fingerprint density at radius 1 is 0.321 bits per heavy atom. The van der Waals surface area contributed by atoms with Crippen molar-refractivity contribution in [2.24, 2.45) is 0 Å². The van der Waals surface area contributed by atoms with Gasteiger partial charge in [-0.1, -0.05) is 84.9 Å². The third-order valence-electron chi connectivity index (χ3n) is 10.9. The molecule has 0 fully saturated rings. The van der Waals surface area contributed by atoms with Crippen molar-refractivity contribution in [1.82, 2.24) is 9.13 Å². The van der Waals surface area contributed by atoms with E-state index in [1.165, 1.54) is 38.3 Å². The third kappa shape index (κ3) is 4.02. The Morgan fingerprint density at radius 3 is 1.57 bits per heavy atom. The minimum absolute atomic E-state index is 0.775. The quantitative estimate of drug-likeness (QED) is 0.186. The summed E-state index contributed by atoms with van der Waals surface area (Å²) >= 11 is 0. The molecule has 2 aliphatic rings. The molecule has 5 nitrogen and oxygen atoms in total. The van der Waals surface area contributed by atoms with Crippen LogP contribution < -0.4 is 14.4 Å². The molecule has 0 saturated carbocycles. The first-order valence-electron chi connectivity index (χ1n) is 17.9. The SMILES string of the molecule is c1ccc(-n2c3ccccc3c3cc(-c4ccc5c(c4)c4cc6c(cc4n5-c4ccccc4)Oc4cccc5c4N6c4ccccc4O5)ccc32)cc1. The molecule has 0 unspecified atom stereocenters. The number of benzene rings is 8. The molecule has 8 aromatic carbocycles. The van der Waals surface area contributed by atoms with Crippen LogP contribution in [0.4, 0.5) is 17.1 Å². The molecule has 0 aliphatic carbocycles. The van der Waals surface area contributed by atoms with E-state index in [0.29, 0.717) is 0 Å². The topological polar surface area (TPSA) is 31.6 Å². The third-order valence-corrected chi connectivity index (χ3v) is 10.9. The highest BCUT2D eigenvalue weighted by Crippen LogP contribution is 2.60. The van der Waals surface area contributed by atoms with Crippen molar-refractivity contribution in [3.63, 3.8) is 0 Å². The van der Waals surface area contributed by atoms with Crippen molar-refractivity contribution in [2.75, 3.05) is 4.90 Å². The monoisotopic (exact) mass is 679 g/mol. The molecule has 53 heavy (non-hydrogen) atoms. The van der Waals surface area contributed by atoms with Gasteiger partial charge in [0, 0.05) is 39.0 Å². The summed E-state index contributed by atoms with van der Waals surface area (Å²) in [5.74, 6) is 3.19. The minimum atomic E-state index is 0.775. The van der Waals surface area contributed by atoms with Gasteiger partial charge >= 0.3 is 0 Å². The summed E-state index contributed by atoms with van der Waals surface area (Å²) in [4.78, 5) is 2.30. The molecule has 10 aromatic rings. The fraction of sp³-hybridized carbons (Fsp3) is 0. The second kappa shape index (κ2) is 10.6. The maximum absolute atomic E-state index is 6.70. The van der Waals surface area contributed by atoms with Crippen LogP contribution in [0.2, 0.25) is 0 Å². The van der Waals surface area contributed by atoms with Crippen molar-refractivity contribution in [3.05, 3.63) is 176 Å². The van der Waals surface area contributed by atoms with Crippen LogP contribution in [0.3, 0.4) is 0 Å². The molecule has 0 atom stereocenters. The van der Waals surface area contributed by atoms with Gasteiger partial charge < -0.3 is 18.6 Å². The molecule has 0 amide bonds. The average molecular weight is 680 g/mol. The van der Waals surface area contributed by atoms with Crippen molar-refractivity contribution in [1.29, 1.82) is 0 Å². The molecule has 2 aromatic heterocycles. The second-order valence-corrected chi connectivity index (χ2v) is 13.8. The van der Waals surface area contributed by atoms with Gasteiger partial charge in [-0.3, -0.25) is 4.90 Å². The van der Waals surface area contributed by atoms with Gasteiger partial charge in [-0.25, -0.2) is 0 Å². The van der Waals surface area contributed by atoms with E-state index in [1.54, 1.807) is 0 Å². The number of anilines is 3. The number of aromatic nitrogens is 2.